The smallest absolute Gasteiger partial charge is 0.237 e. The Morgan fingerprint density at radius 3 is 1.31 bits per heavy atom. The zero-order valence-electron chi connectivity index (χ0n) is 7.69. The largest absolute Gasteiger partial charge is 0.339 e. The molecule has 13 heavy (non-hydrogen) atoms. The molecule has 1 atom stereocenters. The highest BCUT2D eigenvalue weighted by atomic mass is 19.2. The molecule has 1 aliphatic rings. The predicted octanol–water partition coefficient (Wildman–Crippen LogP) is 3.51. The zero-order valence-corrected chi connectivity index (χ0v) is 7.69. The highest BCUT2D eigenvalue weighted by molar-refractivity contribution is 4.92. The van der Waals surface area contributed by atoms with Crippen LogP contribution < -0.4 is 0 Å². The fourth-order valence-electron chi connectivity index (χ4n) is 1.31. The maximum atomic E-state index is 13.5. The van der Waals surface area contributed by atoms with E-state index >= 15 is 0 Å². The van der Waals surface area contributed by atoms with E-state index in [2.05, 4.69) is 0 Å². The van der Waals surface area contributed by atoms with Crippen LogP contribution in [0, 0.1) is 0 Å². The van der Waals surface area contributed by atoms with Crippen LogP contribution in [0.2, 0.25) is 0 Å². The SMILES string of the molecule is C.C.CC1(C)OC(C)(C)C(C)(F)O1. The van der Waals surface area contributed by atoms with Gasteiger partial charge in [0.2, 0.25) is 5.85 Å². The summed E-state index contributed by atoms with van der Waals surface area (Å²) in [5.41, 5.74) is -0.865. The van der Waals surface area contributed by atoms with E-state index in [9.17, 15) is 4.39 Å². The van der Waals surface area contributed by atoms with Crippen molar-refractivity contribution in [2.45, 2.75) is 66.7 Å². The van der Waals surface area contributed by atoms with E-state index in [1.807, 2.05) is 0 Å². The second-order valence-electron chi connectivity index (χ2n) is 4.03. The first-order valence-corrected chi connectivity index (χ1v) is 3.76. The molecule has 1 unspecified atom stereocenters. The van der Waals surface area contributed by atoms with Gasteiger partial charge < -0.3 is 9.47 Å². The molecule has 0 aromatic heterocycles. The summed E-state index contributed by atoms with van der Waals surface area (Å²) < 4.78 is 24.0. The van der Waals surface area contributed by atoms with Crippen LogP contribution in [0.1, 0.15) is 49.5 Å². The standard InChI is InChI=1S/C8H15FO2.2CH4/c1-6(2)8(5,9)11-7(3,4)10-6;;/h1-5H3;2*1H4. The molecule has 1 fully saturated rings. The van der Waals surface area contributed by atoms with Gasteiger partial charge in [-0.2, -0.15) is 0 Å². The highest BCUT2D eigenvalue weighted by Gasteiger charge is 2.56. The third kappa shape index (κ3) is 2.64. The molecule has 0 aromatic carbocycles. The number of ether oxygens (including phenoxy) is 2. The normalized spacial score (nSPS) is 34.6. The van der Waals surface area contributed by atoms with Crippen LogP contribution >= 0.6 is 0 Å². The zero-order chi connectivity index (χ0) is 8.91. The van der Waals surface area contributed by atoms with E-state index in [0.29, 0.717) is 0 Å². The lowest BCUT2D eigenvalue weighted by Crippen LogP contribution is -2.40. The average Bonchev–Trinajstić information content (AvgIpc) is 1.66. The Morgan fingerprint density at radius 1 is 0.846 bits per heavy atom. The number of rotatable bonds is 0. The van der Waals surface area contributed by atoms with Gasteiger partial charge in [0.1, 0.15) is 5.60 Å². The van der Waals surface area contributed by atoms with E-state index in [0.717, 1.165) is 0 Å². The quantitative estimate of drug-likeness (QED) is 0.587. The van der Waals surface area contributed by atoms with Crippen LogP contribution in [0.4, 0.5) is 4.39 Å². The predicted molar refractivity (Wildman–Crippen MR) is 53.3 cm³/mol. The topological polar surface area (TPSA) is 18.5 Å². The van der Waals surface area contributed by atoms with Crippen molar-refractivity contribution in [2.75, 3.05) is 0 Å². The van der Waals surface area contributed by atoms with Gasteiger partial charge in [0, 0.05) is 0 Å². The van der Waals surface area contributed by atoms with Crippen LogP contribution in [0.5, 0.6) is 0 Å². The van der Waals surface area contributed by atoms with Crippen molar-refractivity contribution < 1.29 is 13.9 Å². The Morgan fingerprint density at radius 2 is 1.23 bits per heavy atom. The molecule has 1 aliphatic heterocycles. The Balaban J connectivity index is 0. The summed E-state index contributed by atoms with van der Waals surface area (Å²) in [6.07, 6.45) is 0. The van der Waals surface area contributed by atoms with Gasteiger partial charge in [0.05, 0.1) is 0 Å². The van der Waals surface area contributed by atoms with Gasteiger partial charge in [-0.3, -0.25) is 0 Å². The summed E-state index contributed by atoms with van der Waals surface area (Å²) in [6.45, 7) is 8.17. The summed E-state index contributed by atoms with van der Waals surface area (Å²) in [4.78, 5) is 0. The van der Waals surface area contributed by atoms with E-state index < -0.39 is 17.2 Å². The molecular formula is C10H23FO2. The lowest BCUT2D eigenvalue weighted by molar-refractivity contribution is -0.190. The fraction of sp³-hybridized carbons (Fsp3) is 1.00. The van der Waals surface area contributed by atoms with Crippen molar-refractivity contribution in [3.05, 3.63) is 0 Å². The summed E-state index contributed by atoms with van der Waals surface area (Å²) in [7, 11) is 0. The Kier molecular flexibility index (Phi) is 4.17. The third-order valence-corrected chi connectivity index (χ3v) is 2.01. The molecule has 1 heterocycles. The molecule has 82 valence electrons. The van der Waals surface area contributed by atoms with Gasteiger partial charge in [-0.15, -0.1) is 0 Å². The van der Waals surface area contributed by atoms with Crippen LogP contribution in [-0.2, 0) is 9.47 Å². The number of alkyl halides is 1. The molecule has 1 saturated heterocycles. The first-order chi connectivity index (χ1) is 4.66. The van der Waals surface area contributed by atoms with Gasteiger partial charge in [0.15, 0.2) is 5.79 Å². The van der Waals surface area contributed by atoms with Crippen LogP contribution in [0.15, 0.2) is 0 Å². The minimum Gasteiger partial charge on any atom is -0.339 e. The Hall–Kier alpha value is -0.150. The van der Waals surface area contributed by atoms with Gasteiger partial charge >= 0.3 is 0 Å². The van der Waals surface area contributed by atoms with E-state index in [-0.39, 0.29) is 14.9 Å². The van der Waals surface area contributed by atoms with Gasteiger partial charge in [-0.1, -0.05) is 14.9 Å². The van der Waals surface area contributed by atoms with Crippen molar-refractivity contribution in [3.63, 3.8) is 0 Å². The van der Waals surface area contributed by atoms with Crippen LogP contribution in [0.3, 0.4) is 0 Å². The molecule has 0 bridgehead atoms. The molecule has 0 radical (unpaired) electrons. The fourth-order valence-corrected chi connectivity index (χ4v) is 1.31. The molecule has 2 nitrogen and oxygen atoms in total. The van der Waals surface area contributed by atoms with Crippen molar-refractivity contribution in [3.8, 4) is 0 Å². The van der Waals surface area contributed by atoms with Crippen molar-refractivity contribution in [2.24, 2.45) is 0 Å². The average molecular weight is 194 g/mol. The molecule has 0 saturated carbocycles. The van der Waals surface area contributed by atoms with Crippen LogP contribution in [0.25, 0.3) is 0 Å². The number of hydrogen-bond donors (Lipinski definition) is 0. The number of hydrogen-bond acceptors (Lipinski definition) is 2. The highest BCUT2D eigenvalue weighted by Crippen LogP contribution is 2.44. The molecular weight excluding hydrogens is 171 g/mol. The monoisotopic (exact) mass is 194 g/mol. The van der Waals surface area contributed by atoms with Gasteiger partial charge in [-0.25, -0.2) is 4.39 Å². The van der Waals surface area contributed by atoms with Crippen LogP contribution in [-0.4, -0.2) is 17.2 Å². The molecule has 0 N–H and O–H groups in total. The molecule has 0 aliphatic carbocycles. The first kappa shape index (κ1) is 15.3. The van der Waals surface area contributed by atoms with Crippen molar-refractivity contribution in [1.29, 1.82) is 0 Å². The third-order valence-electron chi connectivity index (χ3n) is 2.01. The lowest BCUT2D eigenvalue weighted by atomic mass is 10.0. The summed E-state index contributed by atoms with van der Waals surface area (Å²) in [5.74, 6) is -2.51. The summed E-state index contributed by atoms with van der Waals surface area (Å²) in [6, 6.07) is 0. The molecule has 1 rings (SSSR count). The minimum atomic E-state index is -1.70. The Labute approximate surface area is 81.4 Å². The van der Waals surface area contributed by atoms with Gasteiger partial charge in [-0.05, 0) is 34.6 Å². The summed E-state index contributed by atoms with van der Waals surface area (Å²) in [5, 5.41) is 0. The van der Waals surface area contributed by atoms with E-state index in [1.54, 1.807) is 27.7 Å². The second-order valence-corrected chi connectivity index (χ2v) is 4.03. The Bertz CT molecular complexity index is 156. The molecule has 0 spiro atoms. The van der Waals surface area contributed by atoms with Crippen molar-refractivity contribution >= 4 is 0 Å². The molecule has 0 amide bonds. The minimum absolute atomic E-state index is 0. The molecule has 3 heteroatoms. The van der Waals surface area contributed by atoms with E-state index in [1.165, 1.54) is 6.92 Å². The lowest BCUT2D eigenvalue weighted by Gasteiger charge is -2.25. The maximum Gasteiger partial charge on any atom is 0.237 e. The van der Waals surface area contributed by atoms with E-state index in [4.69, 9.17) is 9.47 Å². The van der Waals surface area contributed by atoms with Gasteiger partial charge in [0.25, 0.3) is 0 Å². The first-order valence-electron chi connectivity index (χ1n) is 3.76. The molecule has 0 aromatic rings. The number of halogens is 1. The van der Waals surface area contributed by atoms with Crippen molar-refractivity contribution in [1.82, 2.24) is 0 Å². The maximum absolute atomic E-state index is 13.5. The summed E-state index contributed by atoms with van der Waals surface area (Å²) >= 11 is 0. The second kappa shape index (κ2) is 3.54.